The Kier molecular flexibility index (Phi) is 6.52. The van der Waals surface area contributed by atoms with Crippen LogP contribution in [0.4, 0.5) is 6.01 Å². The molecule has 92 valence electrons. The summed E-state index contributed by atoms with van der Waals surface area (Å²) in [7, 11) is 0. The molecule has 0 unspecified atom stereocenters. The van der Waals surface area contributed by atoms with Crippen LogP contribution in [-0.4, -0.2) is 36.5 Å². The molecule has 0 spiro atoms. The predicted octanol–water partition coefficient (Wildman–Crippen LogP) is 1.02. The fourth-order valence-corrected chi connectivity index (χ4v) is 1.14. The Balaban J connectivity index is 2.17. The van der Waals surface area contributed by atoms with Crippen molar-refractivity contribution in [3.63, 3.8) is 0 Å². The van der Waals surface area contributed by atoms with Crippen molar-refractivity contribution in [2.45, 2.75) is 26.8 Å². The summed E-state index contributed by atoms with van der Waals surface area (Å²) in [6.45, 7) is 7.69. The summed E-state index contributed by atoms with van der Waals surface area (Å²) >= 11 is 0. The third kappa shape index (κ3) is 5.09. The van der Waals surface area contributed by atoms with Crippen molar-refractivity contribution in [2.75, 3.05) is 31.6 Å². The zero-order valence-electron chi connectivity index (χ0n) is 9.95. The minimum Gasteiger partial charge on any atom is -0.407 e. The number of rotatable bonds is 9. The lowest BCUT2D eigenvalue weighted by atomic mass is 10.5. The molecule has 0 aromatic carbocycles. The van der Waals surface area contributed by atoms with Gasteiger partial charge in [-0.1, -0.05) is 12.0 Å². The molecule has 1 aromatic heterocycles. The van der Waals surface area contributed by atoms with E-state index < -0.39 is 0 Å². The van der Waals surface area contributed by atoms with Gasteiger partial charge in [-0.25, -0.2) is 0 Å². The van der Waals surface area contributed by atoms with Crippen molar-refractivity contribution >= 4 is 6.01 Å². The first-order chi connectivity index (χ1) is 7.86. The predicted molar refractivity (Wildman–Crippen MR) is 61.3 cm³/mol. The van der Waals surface area contributed by atoms with Crippen LogP contribution in [0.5, 0.6) is 0 Å². The van der Waals surface area contributed by atoms with Crippen molar-refractivity contribution in [3.05, 3.63) is 5.89 Å². The Morgan fingerprint density at radius 2 is 2.12 bits per heavy atom. The molecule has 2 N–H and O–H groups in total. The SMILES string of the molecule is CCCNCc1nnc(NCCOCC)o1. The van der Waals surface area contributed by atoms with Gasteiger partial charge in [0.1, 0.15) is 0 Å². The molecule has 1 rings (SSSR count). The monoisotopic (exact) mass is 228 g/mol. The van der Waals surface area contributed by atoms with Crippen LogP contribution in [0, 0.1) is 0 Å². The van der Waals surface area contributed by atoms with Crippen LogP contribution in [0.1, 0.15) is 26.2 Å². The molecule has 0 aliphatic rings. The lowest BCUT2D eigenvalue weighted by Gasteiger charge is -2.00. The van der Waals surface area contributed by atoms with Gasteiger partial charge in [0.15, 0.2) is 0 Å². The van der Waals surface area contributed by atoms with Crippen molar-refractivity contribution < 1.29 is 9.15 Å². The molecule has 0 radical (unpaired) electrons. The van der Waals surface area contributed by atoms with Crippen molar-refractivity contribution in [1.29, 1.82) is 0 Å². The number of ether oxygens (including phenoxy) is 1. The topological polar surface area (TPSA) is 72.2 Å². The second-order valence-electron chi connectivity index (χ2n) is 3.30. The van der Waals surface area contributed by atoms with Gasteiger partial charge in [-0.2, -0.15) is 0 Å². The van der Waals surface area contributed by atoms with Gasteiger partial charge in [0.05, 0.1) is 13.2 Å². The van der Waals surface area contributed by atoms with E-state index in [0.717, 1.165) is 19.6 Å². The van der Waals surface area contributed by atoms with Gasteiger partial charge in [-0.3, -0.25) is 0 Å². The fourth-order valence-electron chi connectivity index (χ4n) is 1.14. The highest BCUT2D eigenvalue weighted by Crippen LogP contribution is 2.04. The Hall–Kier alpha value is -1.14. The normalized spacial score (nSPS) is 10.6. The molecular weight excluding hydrogens is 208 g/mol. The number of aromatic nitrogens is 2. The van der Waals surface area contributed by atoms with Crippen LogP contribution in [-0.2, 0) is 11.3 Å². The van der Waals surface area contributed by atoms with Crippen molar-refractivity contribution in [1.82, 2.24) is 15.5 Å². The van der Waals surface area contributed by atoms with Crippen LogP contribution in [0.25, 0.3) is 0 Å². The summed E-state index contributed by atoms with van der Waals surface area (Å²) in [5.41, 5.74) is 0. The largest absolute Gasteiger partial charge is 0.407 e. The Labute approximate surface area is 95.8 Å². The maximum absolute atomic E-state index is 5.36. The number of hydrogen-bond donors (Lipinski definition) is 2. The highest BCUT2D eigenvalue weighted by molar-refractivity contribution is 5.16. The highest BCUT2D eigenvalue weighted by atomic mass is 16.5. The molecular formula is C10H20N4O2. The van der Waals surface area contributed by atoms with E-state index in [2.05, 4.69) is 27.8 Å². The smallest absolute Gasteiger partial charge is 0.315 e. The zero-order valence-corrected chi connectivity index (χ0v) is 9.95. The molecule has 0 atom stereocenters. The molecule has 6 heteroatoms. The Morgan fingerprint density at radius 1 is 1.25 bits per heavy atom. The van der Waals surface area contributed by atoms with E-state index in [1.165, 1.54) is 0 Å². The van der Waals surface area contributed by atoms with Crippen molar-refractivity contribution in [2.24, 2.45) is 0 Å². The summed E-state index contributed by atoms with van der Waals surface area (Å²) in [5.74, 6) is 0.604. The van der Waals surface area contributed by atoms with Gasteiger partial charge in [-0.15, -0.1) is 5.10 Å². The van der Waals surface area contributed by atoms with E-state index in [1.807, 2.05) is 6.92 Å². The summed E-state index contributed by atoms with van der Waals surface area (Å²) in [5, 5.41) is 14.0. The molecule has 0 fully saturated rings. The van der Waals surface area contributed by atoms with Crippen LogP contribution >= 0.6 is 0 Å². The molecule has 0 bridgehead atoms. The second kappa shape index (κ2) is 8.06. The van der Waals surface area contributed by atoms with E-state index in [9.17, 15) is 0 Å². The van der Waals surface area contributed by atoms with Gasteiger partial charge in [0.25, 0.3) is 0 Å². The quantitative estimate of drug-likeness (QED) is 0.615. The molecule has 1 aromatic rings. The molecule has 1 heterocycles. The Bertz CT molecular complexity index is 278. The Morgan fingerprint density at radius 3 is 2.88 bits per heavy atom. The van der Waals surface area contributed by atoms with E-state index in [0.29, 0.717) is 31.6 Å². The van der Waals surface area contributed by atoms with Gasteiger partial charge in [0.2, 0.25) is 5.89 Å². The van der Waals surface area contributed by atoms with E-state index in [-0.39, 0.29) is 0 Å². The molecule has 6 nitrogen and oxygen atoms in total. The van der Waals surface area contributed by atoms with Crippen LogP contribution in [0.15, 0.2) is 4.42 Å². The van der Waals surface area contributed by atoms with Crippen LogP contribution in [0.3, 0.4) is 0 Å². The summed E-state index contributed by atoms with van der Waals surface area (Å²) < 4.78 is 10.5. The van der Waals surface area contributed by atoms with Crippen molar-refractivity contribution in [3.8, 4) is 0 Å². The summed E-state index contributed by atoms with van der Waals surface area (Å²) in [6, 6.07) is 0.452. The molecule has 0 saturated carbocycles. The average molecular weight is 228 g/mol. The molecule has 0 amide bonds. The third-order valence-corrected chi connectivity index (χ3v) is 1.90. The minimum atomic E-state index is 0.452. The van der Waals surface area contributed by atoms with E-state index >= 15 is 0 Å². The average Bonchev–Trinajstić information content (AvgIpc) is 2.73. The first-order valence-corrected chi connectivity index (χ1v) is 5.71. The van der Waals surface area contributed by atoms with E-state index in [1.54, 1.807) is 0 Å². The van der Waals surface area contributed by atoms with E-state index in [4.69, 9.17) is 9.15 Å². The lowest BCUT2D eigenvalue weighted by Crippen LogP contribution is -2.13. The maximum Gasteiger partial charge on any atom is 0.315 e. The standard InChI is InChI=1S/C10H20N4O2/c1-3-5-11-8-9-13-14-10(16-9)12-6-7-15-4-2/h11H,3-8H2,1-2H3,(H,12,14). The second-order valence-corrected chi connectivity index (χ2v) is 3.30. The maximum atomic E-state index is 5.36. The van der Waals surface area contributed by atoms with Gasteiger partial charge < -0.3 is 19.8 Å². The highest BCUT2D eigenvalue weighted by Gasteiger charge is 2.03. The minimum absolute atomic E-state index is 0.452. The first kappa shape index (κ1) is 12.9. The lowest BCUT2D eigenvalue weighted by molar-refractivity contribution is 0.157. The third-order valence-electron chi connectivity index (χ3n) is 1.90. The van der Waals surface area contributed by atoms with Crippen LogP contribution < -0.4 is 10.6 Å². The molecule has 0 aliphatic carbocycles. The summed E-state index contributed by atoms with van der Waals surface area (Å²) in [6.07, 6.45) is 1.09. The van der Waals surface area contributed by atoms with Crippen LogP contribution in [0.2, 0.25) is 0 Å². The summed E-state index contributed by atoms with van der Waals surface area (Å²) in [4.78, 5) is 0. The molecule has 0 aliphatic heterocycles. The van der Waals surface area contributed by atoms with Gasteiger partial charge in [0, 0.05) is 13.2 Å². The number of hydrogen-bond acceptors (Lipinski definition) is 6. The molecule has 0 saturated heterocycles. The first-order valence-electron chi connectivity index (χ1n) is 5.71. The number of anilines is 1. The van der Waals surface area contributed by atoms with Gasteiger partial charge >= 0.3 is 6.01 Å². The number of nitrogens with zero attached hydrogens (tertiary/aromatic N) is 2. The fraction of sp³-hybridized carbons (Fsp3) is 0.800. The van der Waals surface area contributed by atoms with Gasteiger partial charge in [-0.05, 0) is 19.9 Å². The number of nitrogens with one attached hydrogen (secondary N) is 2. The zero-order chi connectivity index (χ0) is 11.6. The molecule has 16 heavy (non-hydrogen) atoms.